The molecule has 0 aliphatic rings. The predicted molar refractivity (Wildman–Crippen MR) is 81.1 cm³/mol. The second-order valence-corrected chi connectivity index (χ2v) is 5.48. The molecule has 0 aliphatic carbocycles. The van der Waals surface area contributed by atoms with Crippen molar-refractivity contribution in [3.8, 4) is 0 Å². The van der Waals surface area contributed by atoms with Crippen LogP contribution in [0.2, 0.25) is 0 Å². The molecule has 0 amide bonds. The van der Waals surface area contributed by atoms with Gasteiger partial charge in [-0.3, -0.25) is 4.90 Å². The maximum Gasteiger partial charge on any atom is 0.108 e. The maximum absolute atomic E-state index is 6.50. The standard InChI is InChI=1S/C15H30N4/c1-6-15(4,19(7-2)8-3)13(16)9-10-14-17-11-12-18(14)5/h11-13H,6-10,16H2,1-5H3. The van der Waals surface area contributed by atoms with Crippen LogP contribution in [0.5, 0.6) is 0 Å². The summed E-state index contributed by atoms with van der Waals surface area (Å²) in [5.74, 6) is 1.12. The van der Waals surface area contributed by atoms with E-state index in [1.807, 2.05) is 19.4 Å². The number of likely N-dealkylation sites (N-methyl/N-ethyl adjacent to an activating group) is 1. The molecule has 0 aromatic carbocycles. The van der Waals surface area contributed by atoms with Gasteiger partial charge in [0.15, 0.2) is 0 Å². The molecule has 2 N–H and O–H groups in total. The van der Waals surface area contributed by atoms with Gasteiger partial charge in [0.25, 0.3) is 0 Å². The second kappa shape index (κ2) is 7.06. The molecule has 0 fully saturated rings. The van der Waals surface area contributed by atoms with Crippen molar-refractivity contribution in [2.45, 2.75) is 58.5 Å². The van der Waals surface area contributed by atoms with Gasteiger partial charge in [0.2, 0.25) is 0 Å². The minimum Gasteiger partial charge on any atom is -0.338 e. The Hall–Kier alpha value is -0.870. The van der Waals surface area contributed by atoms with E-state index in [1.165, 1.54) is 0 Å². The van der Waals surface area contributed by atoms with E-state index in [1.54, 1.807) is 0 Å². The fourth-order valence-electron chi connectivity index (χ4n) is 2.90. The number of nitrogens with zero attached hydrogens (tertiary/aromatic N) is 3. The zero-order chi connectivity index (χ0) is 14.5. The molecule has 0 saturated heterocycles. The summed E-state index contributed by atoms with van der Waals surface area (Å²) in [7, 11) is 2.04. The molecule has 19 heavy (non-hydrogen) atoms. The van der Waals surface area contributed by atoms with Crippen LogP contribution in [0.25, 0.3) is 0 Å². The van der Waals surface area contributed by atoms with Crippen molar-refractivity contribution in [2.75, 3.05) is 13.1 Å². The van der Waals surface area contributed by atoms with Crippen molar-refractivity contribution >= 4 is 0 Å². The Labute approximate surface area is 118 Å². The van der Waals surface area contributed by atoms with Crippen LogP contribution in [-0.2, 0) is 13.5 Å². The quantitative estimate of drug-likeness (QED) is 0.784. The summed E-state index contributed by atoms with van der Waals surface area (Å²) in [5.41, 5.74) is 6.58. The fraction of sp³-hybridized carbons (Fsp3) is 0.800. The molecule has 2 unspecified atom stereocenters. The highest BCUT2D eigenvalue weighted by molar-refractivity contribution is 4.98. The van der Waals surface area contributed by atoms with Crippen LogP contribution in [0.15, 0.2) is 12.4 Å². The first-order valence-electron chi connectivity index (χ1n) is 7.46. The molecule has 0 bridgehead atoms. The lowest BCUT2D eigenvalue weighted by Gasteiger charge is -2.44. The van der Waals surface area contributed by atoms with Gasteiger partial charge >= 0.3 is 0 Å². The summed E-state index contributed by atoms with van der Waals surface area (Å²) >= 11 is 0. The van der Waals surface area contributed by atoms with Gasteiger partial charge < -0.3 is 10.3 Å². The van der Waals surface area contributed by atoms with Gasteiger partial charge in [-0.2, -0.15) is 0 Å². The number of imidazole rings is 1. The fourth-order valence-corrected chi connectivity index (χ4v) is 2.90. The molecule has 0 spiro atoms. The van der Waals surface area contributed by atoms with Crippen LogP contribution < -0.4 is 5.73 Å². The van der Waals surface area contributed by atoms with Crippen LogP contribution in [0.4, 0.5) is 0 Å². The molecular weight excluding hydrogens is 236 g/mol. The summed E-state index contributed by atoms with van der Waals surface area (Å²) in [6.45, 7) is 11.1. The van der Waals surface area contributed by atoms with Gasteiger partial charge in [-0.1, -0.05) is 20.8 Å². The molecule has 0 aliphatic heterocycles. The van der Waals surface area contributed by atoms with Gasteiger partial charge in [0, 0.05) is 37.4 Å². The number of nitrogens with two attached hydrogens (primary N) is 1. The number of aryl methyl sites for hydroxylation is 2. The third-order valence-corrected chi connectivity index (χ3v) is 4.60. The van der Waals surface area contributed by atoms with E-state index in [9.17, 15) is 0 Å². The lowest BCUT2D eigenvalue weighted by atomic mass is 9.85. The van der Waals surface area contributed by atoms with E-state index in [0.29, 0.717) is 0 Å². The van der Waals surface area contributed by atoms with E-state index in [4.69, 9.17) is 5.73 Å². The van der Waals surface area contributed by atoms with Gasteiger partial charge in [-0.15, -0.1) is 0 Å². The summed E-state index contributed by atoms with van der Waals surface area (Å²) in [6, 6.07) is 0.175. The van der Waals surface area contributed by atoms with Crippen molar-refractivity contribution in [3.05, 3.63) is 18.2 Å². The Morgan fingerprint density at radius 2 is 2.00 bits per heavy atom. The largest absolute Gasteiger partial charge is 0.338 e. The molecule has 1 rings (SSSR count). The van der Waals surface area contributed by atoms with Gasteiger partial charge in [-0.25, -0.2) is 4.98 Å². The lowest BCUT2D eigenvalue weighted by molar-refractivity contribution is 0.0813. The SMILES string of the molecule is CCN(CC)C(C)(CC)C(N)CCc1nccn1C. The Kier molecular flexibility index (Phi) is 6.01. The van der Waals surface area contributed by atoms with E-state index in [0.717, 1.165) is 38.2 Å². The first kappa shape index (κ1) is 16.2. The Morgan fingerprint density at radius 3 is 2.42 bits per heavy atom. The molecule has 1 aromatic heterocycles. The highest BCUT2D eigenvalue weighted by Gasteiger charge is 2.34. The van der Waals surface area contributed by atoms with E-state index < -0.39 is 0 Å². The van der Waals surface area contributed by atoms with Crippen LogP contribution in [-0.4, -0.2) is 39.1 Å². The van der Waals surface area contributed by atoms with Crippen LogP contribution >= 0.6 is 0 Å². The van der Waals surface area contributed by atoms with Crippen LogP contribution in [0.1, 0.15) is 46.4 Å². The average molecular weight is 266 g/mol. The zero-order valence-corrected chi connectivity index (χ0v) is 13.2. The molecule has 1 heterocycles. The number of hydrogen-bond donors (Lipinski definition) is 1. The second-order valence-electron chi connectivity index (χ2n) is 5.48. The molecule has 0 radical (unpaired) electrons. The highest BCUT2D eigenvalue weighted by atomic mass is 15.2. The van der Waals surface area contributed by atoms with E-state index in [2.05, 4.69) is 42.1 Å². The molecular formula is C15H30N4. The molecule has 1 aromatic rings. The van der Waals surface area contributed by atoms with Crippen molar-refractivity contribution in [1.29, 1.82) is 0 Å². The van der Waals surface area contributed by atoms with Crippen molar-refractivity contribution < 1.29 is 0 Å². The summed E-state index contributed by atoms with van der Waals surface area (Å²) in [6.07, 6.45) is 6.85. The summed E-state index contributed by atoms with van der Waals surface area (Å²) in [5, 5.41) is 0. The number of aromatic nitrogens is 2. The van der Waals surface area contributed by atoms with Crippen molar-refractivity contribution in [2.24, 2.45) is 12.8 Å². The smallest absolute Gasteiger partial charge is 0.108 e. The maximum atomic E-state index is 6.50. The van der Waals surface area contributed by atoms with Gasteiger partial charge in [0.05, 0.1) is 0 Å². The zero-order valence-electron chi connectivity index (χ0n) is 13.2. The van der Waals surface area contributed by atoms with Crippen LogP contribution in [0.3, 0.4) is 0 Å². The summed E-state index contributed by atoms with van der Waals surface area (Å²) < 4.78 is 2.08. The molecule has 4 heteroatoms. The Bertz CT molecular complexity index is 370. The lowest BCUT2D eigenvalue weighted by Crippen LogP contribution is -2.57. The first-order chi connectivity index (χ1) is 8.99. The van der Waals surface area contributed by atoms with Gasteiger partial charge in [-0.05, 0) is 32.9 Å². The predicted octanol–water partition coefficient (Wildman–Crippen LogP) is 2.19. The van der Waals surface area contributed by atoms with E-state index >= 15 is 0 Å². The van der Waals surface area contributed by atoms with Crippen molar-refractivity contribution in [3.63, 3.8) is 0 Å². The molecule has 2 atom stereocenters. The molecule has 110 valence electrons. The molecule has 0 saturated carbocycles. The monoisotopic (exact) mass is 266 g/mol. The third-order valence-electron chi connectivity index (χ3n) is 4.60. The van der Waals surface area contributed by atoms with Crippen LogP contribution in [0, 0.1) is 0 Å². The average Bonchev–Trinajstić information content (AvgIpc) is 2.82. The third kappa shape index (κ3) is 3.57. The Balaban J connectivity index is 2.68. The van der Waals surface area contributed by atoms with Gasteiger partial charge in [0.1, 0.15) is 5.82 Å². The highest BCUT2D eigenvalue weighted by Crippen LogP contribution is 2.25. The normalized spacial score (nSPS) is 16.6. The first-order valence-corrected chi connectivity index (χ1v) is 7.46. The minimum absolute atomic E-state index is 0.0780. The minimum atomic E-state index is 0.0780. The summed E-state index contributed by atoms with van der Waals surface area (Å²) in [4.78, 5) is 6.86. The van der Waals surface area contributed by atoms with Crippen molar-refractivity contribution in [1.82, 2.24) is 14.5 Å². The number of hydrogen-bond acceptors (Lipinski definition) is 3. The number of rotatable bonds is 8. The topological polar surface area (TPSA) is 47.1 Å². The Morgan fingerprint density at radius 1 is 1.37 bits per heavy atom. The molecule has 4 nitrogen and oxygen atoms in total. The van der Waals surface area contributed by atoms with E-state index in [-0.39, 0.29) is 11.6 Å².